The van der Waals surface area contributed by atoms with Gasteiger partial charge in [-0.25, -0.2) is 5.48 Å². The molecule has 0 aliphatic rings. The minimum Gasteiger partial charge on any atom is -0.292 e. The van der Waals surface area contributed by atoms with Gasteiger partial charge in [0.25, 0.3) is 0 Å². The predicted molar refractivity (Wildman–Crippen MR) is 34.8 cm³/mol. The monoisotopic (exact) mass is 169 g/mol. The average Bonchev–Trinajstić information content (AvgIpc) is 1.85. The lowest BCUT2D eigenvalue weighted by molar-refractivity contribution is -0.189. The summed E-state index contributed by atoms with van der Waals surface area (Å²) in [7, 11) is 0. The number of nitrogens with one attached hydrogen (secondary N) is 1. The maximum Gasteiger partial charge on any atom is 0.413 e. The van der Waals surface area contributed by atoms with Crippen molar-refractivity contribution < 1.29 is 18.0 Å². The molecule has 0 rings (SSSR count). The third-order valence-electron chi connectivity index (χ3n) is 0.788. The van der Waals surface area contributed by atoms with Crippen LogP contribution in [-0.4, -0.2) is 19.3 Å². The van der Waals surface area contributed by atoms with Crippen molar-refractivity contribution >= 4 is 0 Å². The Hall–Kier alpha value is -0.550. The third kappa shape index (κ3) is 9.45. The number of halogens is 3. The van der Waals surface area contributed by atoms with Crippen molar-refractivity contribution in [3.05, 3.63) is 12.7 Å². The van der Waals surface area contributed by atoms with E-state index in [4.69, 9.17) is 0 Å². The molecule has 0 fully saturated rings. The van der Waals surface area contributed by atoms with Gasteiger partial charge in [0.1, 0.15) is 0 Å². The zero-order valence-corrected chi connectivity index (χ0v) is 5.95. The molecule has 0 unspecified atom stereocenters. The van der Waals surface area contributed by atoms with Crippen LogP contribution in [0, 0.1) is 0 Å². The number of rotatable bonds is 5. The van der Waals surface area contributed by atoms with E-state index in [9.17, 15) is 13.2 Å². The molecule has 0 aromatic carbocycles. The minimum absolute atomic E-state index is 0.347. The molecule has 11 heavy (non-hydrogen) atoms. The Balaban J connectivity index is 3.08. The summed E-state index contributed by atoms with van der Waals surface area (Å²) in [5.41, 5.74) is 2.15. The zero-order chi connectivity index (χ0) is 8.74. The molecular formula is C6H10F3NO. The van der Waals surface area contributed by atoms with Crippen LogP contribution in [0.5, 0.6) is 0 Å². The van der Waals surface area contributed by atoms with Crippen LogP contribution in [-0.2, 0) is 4.84 Å². The predicted octanol–water partition coefficient (Wildman–Crippen LogP) is 1.65. The van der Waals surface area contributed by atoms with Gasteiger partial charge in [0.15, 0.2) is 6.61 Å². The second kappa shape index (κ2) is 5.15. The molecule has 0 aromatic heterocycles. The van der Waals surface area contributed by atoms with Crippen LogP contribution in [0.2, 0.25) is 0 Å². The fourth-order valence-electron chi connectivity index (χ4n) is 0.366. The molecule has 5 heteroatoms. The van der Waals surface area contributed by atoms with Gasteiger partial charge in [0.05, 0.1) is 0 Å². The van der Waals surface area contributed by atoms with Crippen molar-refractivity contribution in [3.8, 4) is 0 Å². The van der Waals surface area contributed by atoms with Crippen molar-refractivity contribution in [3.63, 3.8) is 0 Å². The van der Waals surface area contributed by atoms with E-state index < -0.39 is 12.8 Å². The second-order valence-corrected chi connectivity index (χ2v) is 1.88. The van der Waals surface area contributed by atoms with Crippen molar-refractivity contribution in [2.24, 2.45) is 0 Å². The standard InChI is InChI=1S/C6H10F3NO/c1-2-3-4-10-11-5-6(7,8)9/h2,10H,1,3-5H2. The average molecular weight is 169 g/mol. The van der Waals surface area contributed by atoms with E-state index in [1.165, 1.54) is 0 Å². The van der Waals surface area contributed by atoms with Gasteiger partial charge in [0, 0.05) is 6.54 Å². The normalized spacial score (nSPS) is 11.5. The molecule has 66 valence electrons. The highest BCUT2D eigenvalue weighted by atomic mass is 19.4. The van der Waals surface area contributed by atoms with Crippen molar-refractivity contribution in [1.29, 1.82) is 0 Å². The second-order valence-electron chi connectivity index (χ2n) is 1.88. The summed E-state index contributed by atoms with van der Waals surface area (Å²) >= 11 is 0. The van der Waals surface area contributed by atoms with Crippen LogP contribution in [0.1, 0.15) is 6.42 Å². The lowest BCUT2D eigenvalue weighted by atomic mass is 10.4. The van der Waals surface area contributed by atoms with E-state index in [0.717, 1.165) is 0 Å². The zero-order valence-electron chi connectivity index (χ0n) is 5.95. The molecule has 0 bridgehead atoms. The lowest BCUT2D eigenvalue weighted by Gasteiger charge is -2.06. The maximum absolute atomic E-state index is 11.4. The van der Waals surface area contributed by atoms with Crippen LogP contribution in [0.25, 0.3) is 0 Å². The van der Waals surface area contributed by atoms with E-state index >= 15 is 0 Å². The maximum atomic E-state index is 11.4. The number of hydrogen-bond acceptors (Lipinski definition) is 2. The molecule has 0 saturated carbocycles. The first-order valence-corrected chi connectivity index (χ1v) is 3.08. The summed E-state index contributed by atoms with van der Waals surface area (Å²) in [5.74, 6) is 0. The molecule has 0 heterocycles. The molecular weight excluding hydrogens is 159 g/mol. The van der Waals surface area contributed by atoms with Gasteiger partial charge in [-0.15, -0.1) is 6.58 Å². The fraction of sp³-hybridized carbons (Fsp3) is 0.667. The Morgan fingerprint density at radius 2 is 2.09 bits per heavy atom. The van der Waals surface area contributed by atoms with E-state index in [-0.39, 0.29) is 0 Å². The Morgan fingerprint density at radius 3 is 2.55 bits per heavy atom. The highest BCUT2D eigenvalue weighted by molar-refractivity contribution is 4.65. The quantitative estimate of drug-likeness (QED) is 0.384. The van der Waals surface area contributed by atoms with Gasteiger partial charge in [-0.1, -0.05) is 6.08 Å². The summed E-state index contributed by atoms with van der Waals surface area (Å²) in [6.45, 7) is 2.48. The molecule has 0 atom stereocenters. The van der Waals surface area contributed by atoms with Gasteiger partial charge in [0.2, 0.25) is 0 Å². The van der Waals surface area contributed by atoms with Crippen LogP contribution >= 0.6 is 0 Å². The van der Waals surface area contributed by atoms with Crippen LogP contribution in [0.3, 0.4) is 0 Å². The summed E-state index contributed by atoms with van der Waals surface area (Å²) in [6, 6.07) is 0. The largest absolute Gasteiger partial charge is 0.413 e. The molecule has 0 spiro atoms. The van der Waals surface area contributed by atoms with E-state index in [2.05, 4.69) is 16.9 Å². The summed E-state index contributed by atoms with van der Waals surface area (Å²) < 4.78 is 34.1. The Labute approximate surface area is 63.0 Å². The van der Waals surface area contributed by atoms with Crippen LogP contribution in [0.4, 0.5) is 13.2 Å². The Morgan fingerprint density at radius 1 is 1.45 bits per heavy atom. The fourth-order valence-corrected chi connectivity index (χ4v) is 0.366. The van der Waals surface area contributed by atoms with Gasteiger partial charge < -0.3 is 0 Å². The highest BCUT2D eigenvalue weighted by Crippen LogP contribution is 2.13. The van der Waals surface area contributed by atoms with Gasteiger partial charge >= 0.3 is 6.18 Å². The smallest absolute Gasteiger partial charge is 0.292 e. The molecule has 0 aliphatic carbocycles. The number of alkyl halides is 3. The van der Waals surface area contributed by atoms with Crippen LogP contribution in [0.15, 0.2) is 12.7 Å². The molecule has 2 nitrogen and oxygen atoms in total. The first-order valence-electron chi connectivity index (χ1n) is 3.08. The highest BCUT2D eigenvalue weighted by Gasteiger charge is 2.27. The topological polar surface area (TPSA) is 21.3 Å². The Bertz CT molecular complexity index is 113. The molecule has 1 N–H and O–H groups in total. The molecule has 0 radical (unpaired) electrons. The molecule has 0 saturated heterocycles. The van der Waals surface area contributed by atoms with Gasteiger partial charge in [-0.2, -0.15) is 13.2 Å². The summed E-state index contributed by atoms with van der Waals surface area (Å²) in [6.07, 6.45) is -2.09. The van der Waals surface area contributed by atoms with Crippen molar-refractivity contribution in [2.45, 2.75) is 12.6 Å². The van der Waals surface area contributed by atoms with Crippen molar-refractivity contribution in [2.75, 3.05) is 13.2 Å². The SMILES string of the molecule is C=CCCNOCC(F)(F)F. The lowest BCUT2D eigenvalue weighted by Crippen LogP contribution is -2.25. The molecule has 0 aromatic rings. The minimum atomic E-state index is -4.26. The van der Waals surface area contributed by atoms with Crippen molar-refractivity contribution in [1.82, 2.24) is 5.48 Å². The summed E-state index contributed by atoms with van der Waals surface area (Å²) in [5, 5.41) is 0. The van der Waals surface area contributed by atoms with Crippen LogP contribution < -0.4 is 5.48 Å². The van der Waals surface area contributed by atoms with Gasteiger partial charge in [-0.3, -0.25) is 4.84 Å². The Kier molecular flexibility index (Phi) is 4.89. The van der Waals surface area contributed by atoms with Gasteiger partial charge in [-0.05, 0) is 6.42 Å². The van der Waals surface area contributed by atoms with E-state index in [1.807, 2.05) is 0 Å². The first kappa shape index (κ1) is 10.4. The number of hydrogen-bond donors (Lipinski definition) is 1. The summed E-state index contributed by atoms with van der Waals surface area (Å²) in [4.78, 5) is 4.08. The van der Waals surface area contributed by atoms with E-state index in [1.54, 1.807) is 6.08 Å². The molecule has 0 amide bonds. The first-order chi connectivity index (χ1) is 5.06. The van der Waals surface area contributed by atoms with E-state index in [0.29, 0.717) is 13.0 Å². The number of hydroxylamine groups is 1. The third-order valence-corrected chi connectivity index (χ3v) is 0.788. The molecule has 0 aliphatic heterocycles.